The molecule has 0 unspecified atom stereocenters. The molecule has 0 bridgehead atoms. The number of nitrogens with one attached hydrogen (secondary N) is 1. The predicted octanol–water partition coefficient (Wildman–Crippen LogP) is 3.44. The minimum Gasteiger partial charge on any atom is -0.420 e. The number of benzene rings is 1. The fourth-order valence-electron chi connectivity index (χ4n) is 2.23. The number of rotatable bonds is 5. The Bertz CT molecular complexity index is 811. The summed E-state index contributed by atoms with van der Waals surface area (Å²) in [5, 5.41) is 10.7. The Kier molecular flexibility index (Phi) is 4.65. The Morgan fingerprint density at radius 2 is 1.79 bits per heavy atom. The maximum Gasteiger partial charge on any atom is 0.247 e. The van der Waals surface area contributed by atoms with Crippen molar-refractivity contribution < 1.29 is 9.21 Å². The molecule has 0 aliphatic carbocycles. The van der Waals surface area contributed by atoms with Crippen molar-refractivity contribution >= 4 is 11.6 Å². The van der Waals surface area contributed by atoms with Crippen LogP contribution in [0.3, 0.4) is 0 Å². The van der Waals surface area contributed by atoms with Crippen LogP contribution in [0.25, 0.3) is 11.5 Å². The van der Waals surface area contributed by atoms with E-state index < -0.39 is 0 Å². The van der Waals surface area contributed by atoms with Crippen molar-refractivity contribution in [3.05, 3.63) is 60.2 Å². The molecular formula is C18H18N4O2. The molecule has 6 nitrogen and oxygen atoms in total. The molecule has 0 saturated carbocycles. The first-order valence-corrected chi connectivity index (χ1v) is 7.74. The van der Waals surface area contributed by atoms with E-state index in [1.165, 1.54) is 5.56 Å². The molecule has 0 radical (unpaired) electrons. The van der Waals surface area contributed by atoms with E-state index in [2.05, 4.69) is 34.3 Å². The first-order valence-electron chi connectivity index (χ1n) is 7.74. The van der Waals surface area contributed by atoms with Gasteiger partial charge >= 0.3 is 0 Å². The van der Waals surface area contributed by atoms with Gasteiger partial charge in [-0.2, -0.15) is 0 Å². The van der Waals surface area contributed by atoms with Gasteiger partial charge in [-0.25, -0.2) is 0 Å². The third-order valence-electron chi connectivity index (χ3n) is 3.57. The highest BCUT2D eigenvalue weighted by Crippen LogP contribution is 2.18. The molecule has 0 aliphatic rings. The maximum absolute atomic E-state index is 12.1. The summed E-state index contributed by atoms with van der Waals surface area (Å²) in [4.78, 5) is 16.0. The van der Waals surface area contributed by atoms with E-state index in [1.54, 1.807) is 24.5 Å². The Labute approximate surface area is 140 Å². The quantitative estimate of drug-likeness (QED) is 0.778. The van der Waals surface area contributed by atoms with Gasteiger partial charge in [-0.05, 0) is 35.7 Å². The van der Waals surface area contributed by atoms with Crippen molar-refractivity contribution in [1.82, 2.24) is 15.2 Å². The van der Waals surface area contributed by atoms with Gasteiger partial charge in [-0.1, -0.05) is 26.0 Å². The first kappa shape index (κ1) is 15.9. The fraction of sp³-hybridized carbons (Fsp3) is 0.222. The van der Waals surface area contributed by atoms with Crippen LogP contribution >= 0.6 is 0 Å². The zero-order chi connectivity index (χ0) is 16.9. The molecule has 24 heavy (non-hydrogen) atoms. The van der Waals surface area contributed by atoms with E-state index in [9.17, 15) is 4.79 Å². The summed E-state index contributed by atoms with van der Waals surface area (Å²) >= 11 is 0. The zero-order valence-corrected chi connectivity index (χ0v) is 13.6. The van der Waals surface area contributed by atoms with Crippen molar-refractivity contribution in [2.45, 2.75) is 26.2 Å². The summed E-state index contributed by atoms with van der Waals surface area (Å²) in [6, 6.07) is 11.3. The van der Waals surface area contributed by atoms with Gasteiger partial charge in [0.05, 0.1) is 0 Å². The number of carbonyl (C=O) groups is 1. The van der Waals surface area contributed by atoms with Gasteiger partial charge in [0.2, 0.25) is 17.7 Å². The zero-order valence-electron chi connectivity index (χ0n) is 13.6. The second-order valence-electron chi connectivity index (χ2n) is 5.74. The first-order chi connectivity index (χ1) is 11.6. The lowest BCUT2D eigenvalue weighted by molar-refractivity contribution is -0.115. The van der Waals surface area contributed by atoms with Crippen LogP contribution in [0.1, 0.15) is 31.2 Å². The van der Waals surface area contributed by atoms with Gasteiger partial charge < -0.3 is 9.73 Å². The normalized spacial score (nSPS) is 10.8. The Balaban J connectivity index is 1.62. The molecular weight excluding hydrogens is 304 g/mol. The molecule has 6 heteroatoms. The largest absolute Gasteiger partial charge is 0.420 e. The highest BCUT2D eigenvalue weighted by Gasteiger charge is 2.12. The topological polar surface area (TPSA) is 80.9 Å². The lowest BCUT2D eigenvalue weighted by atomic mass is 10.0. The second kappa shape index (κ2) is 7.04. The molecule has 2 heterocycles. The third-order valence-corrected chi connectivity index (χ3v) is 3.57. The third kappa shape index (κ3) is 3.84. The monoisotopic (exact) mass is 322 g/mol. The van der Waals surface area contributed by atoms with Crippen LogP contribution in [0.4, 0.5) is 5.69 Å². The van der Waals surface area contributed by atoms with Crippen LogP contribution in [0, 0.1) is 0 Å². The summed E-state index contributed by atoms with van der Waals surface area (Å²) in [5.41, 5.74) is 2.75. The summed E-state index contributed by atoms with van der Waals surface area (Å²) in [6.45, 7) is 4.26. The van der Waals surface area contributed by atoms with E-state index in [1.807, 2.05) is 24.3 Å². The minimum atomic E-state index is -0.197. The number of amides is 1. The van der Waals surface area contributed by atoms with E-state index >= 15 is 0 Å². The number of anilines is 1. The van der Waals surface area contributed by atoms with Gasteiger partial charge in [0.25, 0.3) is 0 Å². The number of carbonyl (C=O) groups excluding carboxylic acids is 1. The molecule has 0 aliphatic heterocycles. The summed E-state index contributed by atoms with van der Waals surface area (Å²) < 4.78 is 5.52. The van der Waals surface area contributed by atoms with Crippen LogP contribution in [0.5, 0.6) is 0 Å². The summed E-state index contributed by atoms with van der Waals surface area (Å²) in [7, 11) is 0. The smallest absolute Gasteiger partial charge is 0.247 e. The molecule has 3 aromatic rings. The number of pyridine rings is 1. The molecule has 0 atom stereocenters. The Hall–Kier alpha value is -3.02. The Morgan fingerprint density at radius 1 is 1.08 bits per heavy atom. The second-order valence-corrected chi connectivity index (χ2v) is 5.74. The van der Waals surface area contributed by atoms with Crippen molar-refractivity contribution in [2.75, 3.05) is 5.32 Å². The molecule has 3 rings (SSSR count). The van der Waals surface area contributed by atoms with E-state index in [4.69, 9.17) is 4.42 Å². The molecule has 0 spiro atoms. The molecule has 1 amide bonds. The van der Waals surface area contributed by atoms with Gasteiger partial charge in [-0.3, -0.25) is 9.78 Å². The fourth-order valence-corrected chi connectivity index (χ4v) is 2.23. The lowest BCUT2D eigenvalue weighted by Crippen LogP contribution is -2.14. The summed E-state index contributed by atoms with van der Waals surface area (Å²) in [5.74, 6) is 0.913. The molecule has 2 aromatic heterocycles. The average Bonchev–Trinajstić information content (AvgIpc) is 3.04. The molecule has 122 valence electrons. The van der Waals surface area contributed by atoms with Crippen LogP contribution in [-0.2, 0) is 11.2 Å². The van der Waals surface area contributed by atoms with Crippen molar-refractivity contribution in [2.24, 2.45) is 0 Å². The van der Waals surface area contributed by atoms with Crippen LogP contribution in [0.15, 0.2) is 53.2 Å². The minimum absolute atomic E-state index is 0.0318. The predicted molar refractivity (Wildman–Crippen MR) is 90.4 cm³/mol. The van der Waals surface area contributed by atoms with Crippen molar-refractivity contribution in [1.29, 1.82) is 0 Å². The van der Waals surface area contributed by atoms with Crippen LogP contribution < -0.4 is 5.32 Å². The van der Waals surface area contributed by atoms with Crippen molar-refractivity contribution in [3.63, 3.8) is 0 Å². The highest BCUT2D eigenvalue weighted by atomic mass is 16.4. The molecule has 0 fully saturated rings. The van der Waals surface area contributed by atoms with E-state index in [-0.39, 0.29) is 18.2 Å². The van der Waals surface area contributed by atoms with E-state index in [0.29, 0.717) is 11.8 Å². The van der Waals surface area contributed by atoms with Gasteiger partial charge in [-0.15, -0.1) is 10.2 Å². The van der Waals surface area contributed by atoms with Gasteiger partial charge in [0, 0.05) is 23.6 Å². The van der Waals surface area contributed by atoms with Crippen LogP contribution in [0.2, 0.25) is 0 Å². The van der Waals surface area contributed by atoms with Gasteiger partial charge in [0.15, 0.2) is 0 Å². The molecule has 0 saturated heterocycles. The average molecular weight is 322 g/mol. The summed E-state index contributed by atoms with van der Waals surface area (Å²) in [6.07, 6.45) is 3.32. The SMILES string of the molecule is CC(C)c1ccc(NC(=O)Cc2nnc(-c3ccncc3)o2)cc1. The molecule has 1 aromatic carbocycles. The van der Waals surface area contributed by atoms with Gasteiger partial charge in [0.1, 0.15) is 6.42 Å². The van der Waals surface area contributed by atoms with Crippen molar-refractivity contribution in [3.8, 4) is 11.5 Å². The number of nitrogens with zero attached hydrogens (tertiary/aromatic N) is 3. The number of hydrogen-bond donors (Lipinski definition) is 1. The number of hydrogen-bond acceptors (Lipinski definition) is 5. The maximum atomic E-state index is 12.1. The highest BCUT2D eigenvalue weighted by molar-refractivity contribution is 5.91. The van der Waals surface area contributed by atoms with E-state index in [0.717, 1.165) is 11.3 Å². The lowest BCUT2D eigenvalue weighted by Gasteiger charge is -2.07. The number of aromatic nitrogens is 3. The van der Waals surface area contributed by atoms with Crippen LogP contribution in [-0.4, -0.2) is 21.1 Å². The Morgan fingerprint density at radius 3 is 2.46 bits per heavy atom. The molecule has 1 N–H and O–H groups in total. The standard InChI is InChI=1S/C18H18N4O2/c1-12(2)13-3-5-15(6-4-13)20-16(23)11-17-21-22-18(24-17)14-7-9-19-10-8-14/h3-10,12H,11H2,1-2H3,(H,20,23).